The highest BCUT2D eigenvalue weighted by molar-refractivity contribution is 5.79. The lowest BCUT2D eigenvalue weighted by Crippen LogP contribution is -2.64. The van der Waals surface area contributed by atoms with E-state index in [1.165, 1.54) is 0 Å². The minimum Gasteiger partial charge on any atom is -0.356 e. The Labute approximate surface area is 223 Å². The van der Waals surface area contributed by atoms with E-state index in [4.69, 9.17) is 4.84 Å². The molecule has 4 fully saturated rings. The van der Waals surface area contributed by atoms with Gasteiger partial charge in [0.15, 0.2) is 0 Å². The van der Waals surface area contributed by atoms with Gasteiger partial charge in [-0.2, -0.15) is 31.8 Å². The van der Waals surface area contributed by atoms with Crippen molar-refractivity contribution in [2.24, 2.45) is 29.6 Å². The van der Waals surface area contributed by atoms with Gasteiger partial charge < -0.3 is 10.6 Å². The van der Waals surface area contributed by atoms with E-state index in [0.29, 0.717) is 19.5 Å². The minimum atomic E-state index is -4.70. The van der Waals surface area contributed by atoms with E-state index in [1.807, 2.05) is 0 Å². The van der Waals surface area contributed by atoms with Crippen LogP contribution in [-0.4, -0.2) is 55.8 Å². The predicted molar refractivity (Wildman–Crippen MR) is 127 cm³/mol. The molecule has 39 heavy (non-hydrogen) atoms. The van der Waals surface area contributed by atoms with Crippen LogP contribution in [0.1, 0.15) is 64.2 Å². The third-order valence-corrected chi connectivity index (χ3v) is 8.45. The molecule has 7 unspecified atom stereocenters. The van der Waals surface area contributed by atoms with Crippen molar-refractivity contribution >= 4 is 11.8 Å². The number of rotatable bonds is 9. The van der Waals surface area contributed by atoms with Gasteiger partial charge in [-0.25, -0.2) is 5.43 Å². The second-order valence-corrected chi connectivity index (χ2v) is 11.2. The first-order valence-corrected chi connectivity index (χ1v) is 13.8. The van der Waals surface area contributed by atoms with Crippen LogP contribution in [0.25, 0.3) is 0 Å². The van der Waals surface area contributed by atoms with Crippen LogP contribution >= 0.6 is 0 Å². The summed E-state index contributed by atoms with van der Waals surface area (Å²) in [5.74, 6) is -4.89. The summed E-state index contributed by atoms with van der Waals surface area (Å²) in [5, 5.41) is 9.10. The van der Waals surface area contributed by atoms with Crippen molar-refractivity contribution < 1.29 is 40.8 Å². The molecule has 2 aliphatic carbocycles. The topological polar surface area (TPSA) is 116 Å². The molecule has 7 atom stereocenters. The Bertz CT molecular complexity index is 824. The van der Waals surface area contributed by atoms with Gasteiger partial charge in [-0.3, -0.25) is 25.2 Å². The van der Waals surface area contributed by atoms with Gasteiger partial charge in [0.1, 0.15) is 6.23 Å². The number of carbonyl (C=O) groups excluding carboxylic acids is 2. The SMILES string of the molecule is O=C(CCC1NC(C2CC(C(F)(F)F)CC(C(F)(F)F)C2)NO1)NCCCNC1NNC(=O)C2CCCCC12. The Morgan fingerprint density at radius 3 is 2.36 bits per heavy atom. The Morgan fingerprint density at radius 2 is 1.67 bits per heavy atom. The Balaban J connectivity index is 1.12. The summed E-state index contributed by atoms with van der Waals surface area (Å²) in [6.45, 7) is 1.06. The zero-order valence-electron chi connectivity index (χ0n) is 21.6. The molecular weight excluding hydrogens is 534 g/mol. The maximum absolute atomic E-state index is 13.3. The van der Waals surface area contributed by atoms with Crippen molar-refractivity contribution in [3.05, 3.63) is 0 Å². The zero-order chi connectivity index (χ0) is 28.2. The van der Waals surface area contributed by atoms with E-state index >= 15 is 0 Å². The van der Waals surface area contributed by atoms with Gasteiger partial charge in [-0.05, 0) is 57.4 Å². The number of hydrazine groups is 1. The zero-order valence-corrected chi connectivity index (χ0v) is 21.6. The van der Waals surface area contributed by atoms with Gasteiger partial charge >= 0.3 is 12.4 Å². The molecule has 0 radical (unpaired) electrons. The summed E-state index contributed by atoms with van der Waals surface area (Å²) >= 11 is 0. The van der Waals surface area contributed by atoms with Crippen LogP contribution in [0.2, 0.25) is 0 Å². The second kappa shape index (κ2) is 12.9. The largest absolute Gasteiger partial charge is 0.391 e. The van der Waals surface area contributed by atoms with E-state index in [1.54, 1.807) is 0 Å². The number of hydrogen-bond acceptors (Lipinski definition) is 7. The molecular formula is C24H38F6N6O3. The summed E-state index contributed by atoms with van der Waals surface area (Å²) in [6.07, 6.45) is -7.77. The molecule has 2 aliphatic heterocycles. The quantitative estimate of drug-likeness (QED) is 0.186. The van der Waals surface area contributed by atoms with Gasteiger partial charge in [-0.1, -0.05) is 12.8 Å². The standard InChI is InChI=1S/C24H38F6N6O3/c25-23(26,27)14-10-13(11-15(12-14)24(28,29)30)20-33-19(39-36-20)7-6-18(37)31-8-3-9-32-21-16-4-1-2-5-17(16)22(38)35-34-21/h13-17,19-21,32-34,36H,1-12H2,(H,31,37)(H,35,38). The van der Waals surface area contributed by atoms with Crippen LogP contribution in [0.15, 0.2) is 0 Å². The summed E-state index contributed by atoms with van der Waals surface area (Å²) in [6, 6.07) is 0. The number of halogens is 6. The first kappa shape index (κ1) is 30.3. The van der Waals surface area contributed by atoms with Crippen molar-refractivity contribution in [3.8, 4) is 0 Å². The van der Waals surface area contributed by atoms with Crippen molar-refractivity contribution in [3.63, 3.8) is 0 Å². The van der Waals surface area contributed by atoms with Gasteiger partial charge in [0, 0.05) is 24.8 Å². The highest BCUT2D eigenvalue weighted by atomic mass is 19.4. The average molecular weight is 573 g/mol. The van der Waals surface area contributed by atoms with Crippen molar-refractivity contribution in [2.75, 3.05) is 13.1 Å². The number of nitrogens with one attached hydrogen (secondary N) is 6. The van der Waals surface area contributed by atoms with Crippen LogP contribution in [0.3, 0.4) is 0 Å². The summed E-state index contributed by atoms with van der Waals surface area (Å²) in [5.41, 5.74) is 8.30. The molecule has 6 N–H and O–H groups in total. The molecule has 9 nitrogen and oxygen atoms in total. The molecule has 2 heterocycles. The third-order valence-electron chi connectivity index (χ3n) is 8.45. The highest BCUT2D eigenvalue weighted by Crippen LogP contribution is 2.48. The van der Waals surface area contributed by atoms with Crippen LogP contribution in [0.5, 0.6) is 0 Å². The molecule has 4 rings (SSSR count). The fourth-order valence-corrected chi connectivity index (χ4v) is 6.33. The minimum absolute atomic E-state index is 0.0169. The van der Waals surface area contributed by atoms with Crippen LogP contribution in [0.4, 0.5) is 26.3 Å². The monoisotopic (exact) mass is 572 g/mol. The maximum atomic E-state index is 13.3. The molecule has 2 saturated carbocycles. The third kappa shape index (κ3) is 8.18. The molecule has 2 saturated heterocycles. The van der Waals surface area contributed by atoms with E-state index in [0.717, 1.165) is 25.7 Å². The van der Waals surface area contributed by atoms with E-state index in [-0.39, 0.29) is 42.7 Å². The molecule has 0 bridgehead atoms. The lowest BCUT2D eigenvalue weighted by atomic mass is 9.73. The molecule has 15 heteroatoms. The van der Waals surface area contributed by atoms with Crippen molar-refractivity contribution in [1.29, 1.82) is 0 Å². The lowest BCUT2D eigenvalue weighted by Gasteiger charge is -2.41. The molecule has 0 aromatic rings. The molecule has 224 valence electrons. The Kier molecular flexibility index (Phi) is 10.00. The molecule has 0 spiro atoms. The van der Waals surface area contributed by atoms with Gasteiger partial charge in [0.05, 0.1) is 24.2 Å². The number of hydrogen-bond donors (Lipinski definition) is 6. The maximum Gasteiger partial charge on any atom is 0.391 e. The van der Waals surface area contributed by atoms with Crippen molar-refractivity contribution in [1.82, 2.24) is 32.3 Å². The molecule has 4 aliphatic rings. The fourth-order valence-electron chi connectivity index (χ4n) is 6.33. The fraction of sp³-hybridized carbons (Fsp3) is 0.917. The van der Waals surface area contributed by atoms with Gasteiger partial charge in [-0.15, -0.1) is 0 Å². The number of hydroxylamine groups is 1. The predicted octanol–water partition coefficient (Wildman–Crippen LogP) is 2.56. The Hall–Kier alpha value is -1.68. The van der Waals surface area contributed by atoms with Crippen LogP contribution in [0, 0.1) is 29.6 Å². The molecule has 0 aromatic heterocycles. The highest BCUT2D eigenvalue weighted by Gasteiger charge is 2.53. The van der Waals surface area contributed by atoms with Gasteiger partial charge in [0.25, 0.3) is 0 Å². The van der Waals surface area contributed by atoms with E-state index in [2.05, 4.69) is 32.3 Å². The average Bonchev–Trinajstić information content (AvgIpc) is 3.37. The molecule has 2 amide bonds. The van der Waals surface area contributed by atoms with Crippen LogP contribution < -0.4 is 32.3 Å². The first-order valence-electron chi connectivity index (χ1n) is 13.8. The normalized spacial score (nSPS) is 35.8. The number of carbonyl (C=O) groups is 2. The summed E-state index contributed by atoms with van der Waals surface area (Å²) in [4.78, 5) is 29.6. The summed E-state index contributed by atoms with van der Waals surface area (Å²) < 4.78 is 79.6. The van der Waals surface area contributed by atoms with Crippen molar-refractivity contribution in [2.45, 2.75) is 95.1 Å². The smallest absolute Gasteiger partial charge is 0.356 e. The molecule has 0 aromatic carbocycles. The first-order chi connectivity index (χ1) is 18.4. The number of amides is 2. The van der Waals surface area contributed by atoms with E-state index < -0.39 is 61.8 Å². The Morgan fingerprint density at radius 1 is 0.974 bits per heavy atom. The number of fused-ring (bicyclic) bond motifs is 1. The second-order valence-electron chi connectivity index (χ2n) is 11.2. The van der Waals surface area contributed by atoms with Crippen LogP contribution in [-0.2, 0) is 14.4 Å². The number of alkyl halides is 6. The van der Waals surface area contributed by atoms with E-state index in [9.17, 15) is 35.9 Å². The van der Waals surface area contributed by atoms with Gasteiger partial charge in [0.2, 0.25) is 11.8 Å². The summed E-state index contributed by atoms with van der Waals surface area (Å²) in [7, 11) is 0. The lowest BCUT2D eigenvalue weighted by molar-refractivity contribution is -0.230.